The molecule has 1 aromatic heterocycles. The third-order valence-electron chi connectivity index (χ3n) is 2.78. The summed E-state index contributed by atoms with van der Waals surface area (Å²) >= 11 is 0. The standard InChI is InChI=1S/C13H10FN3O5/c1-21-11-4-8(12-15-5-7(14)6-16-12)9(13(18)22-2)3-10(11)17(19)20/h3-6H,1-2H3. The number of aromatic nitrogens is 2. The van der Waals surface area contributed by atoms with Crippen LogP contribution in [0.4, 0.5) is 10.1 Å². The molecule has 8 nitrogen and oxygen atoms in total. The minimum Gasteiger partial charge on any atom is -0.490 e. The molecule has 0 saturated carbocycles. The molecule has 0 aliphatic rings. The SMILES string of the molecule is COC(=O)c1cc([N+](=O)[O-])c(OC)cc1-c1ncc(F)cn1. The molecule has 22 heavy (non-hydrogen) atoms. The Balaban J connectivity index is 2.72. The number of ether oxygens (including phenoxy) is 2. The lowest BCUT2D eigenvalue weighted by Crippen LogP contribution is -2.07. The Bertz CT molecular complexity index is 733. The van der Waals surface area contributed by atoms with Gasteiger partial charge in [0.25, 0.3) is 0 Å². The van der Waals surface area contributed by atoms with Gasteiger partial charge in [-0.05, 0) is 6.07 Å². The minimum absolute atomic E-state index is 0.00926. The summed E-state index contributed by atoms with van der Waals surface area (Å²) in [5, 5.41) is 11.0. The van der Waals surface area contributed by atoms with Crippen molar-refractivity contribution in [2.24, 2.45) is 0 Å². The van der Waals surface area contributed by atoms with E-state index in [-0.39, 0.29) is 22.7 Å². The molecule has 0 aliphatic carbocycles. The second-order valence-corrected chi connectivity index (χ2v) is 4.04. The fourth-order valence-corrected chi connectivity index (χ4v) is 1.79. The molecule has 2 aromatic rings. The van der Waals surface area contributed by atoms with Crippen molar-refractivity contribution in [2.45, 2.75) is 0 Å². The Morgan fingerprint density at radius 1 is 1.27 bits per heavy atom. The Labute approximate surface area is 123 Å². The van der Waals surface area contributed by atoms with Crippen LogP contribution in [0.5, 0.6) is 5.75 Å². The van der Waals surface area contributed by atoms with Crippen molar-refractivity contribution in [3.05, 3.63) is 46.0 Å². The number of nitro benzene ring substituents is 1. The molecule has 0 N–H and O–H groups in total. The second-order valence-electron chi connectivity index (χ2n) is 4.04. The van der Waals surface area contributed by atoms with Crippen molar-refractivity contribution >= 4 is 11.7 Å². The molecule has 0 unspecified atom stereocenters. The molecule has 0 atom stereocenters. The summed E-state index contributed by atoms with van der Waals surface area (Å²) in [4.78, 5) is 29.7. The number of nitrogens with zero attached hydrogens (tertiary/aromatic N) is 3. The van der Waals surface area contributed by atoms with E-state index in [4.69, 9.17) is 4.74 Å². The number of hydrogen-bond donors (Lipinski definition) is 0. The van der Waals surface area contributed by atoms with Gasteiger partial charge in [0, 0.05) is 11.6 Å². The Kier molecular flexibility index (Phi) is 4.25. The first kappa shape index (κ1) is 15.3. The van der Waals surface area contributed by atoms with Gasteiger partial charge in [-0.3, -0.25) is 10.1 Å². The topological polar surface area (TPSA) is 104 Å². The van der Waals surface area contributed by atoms with E-state index in [9.17, 15) is 19.3 Å². The molecule has 0 spiro atoms. The number of nitro groups is 1. The van der Waals surface area contributed by atoms with Crippen LogP contribution in [0.25, 0.3) is 11.4 Å². The number of methoxy groups -OCH3 is 2. The monoisotopic (exact) mass is 307 g/mol. The van der Waals surface area contributed by atoms with E-state index in [1.807, 2.05) is 0 Å². The highest BCUT2D eigenvalue weighted by atomic mass is 19.1. The van der Waals surface area contributed by atoms with Gasteiger partial charge < -0.3 is 9.47 Å². The van der Waals surface area contributed by atoms with Crippen LogP contribution in [0, 0.1) is 15.9 Å². The molecule has 114 valence electrons. The van der Waals surface area contributed by atoms with Crippen LogP contribution in [0.1, 0.15) is 10.4 Å². The number of hydrogen-bond acceptors (Lipinski definition) is 7. The summed E-state index contributed by atoms with van der Waals surface area (Å²) in [5.74, 6) is -1.54. The van der Waals surface area contributed by atoms with Crippen molar-refractivity contribution < 1.29 is 23.6 Å². The molecular weight excluding hydrogens is 297 g/mol. The first-order valence-corrected chi connectivity index (χ1v) is 5.90. The van der Waals surface area contributed by atoms with Crippen molar-refractivity contribution in [1.82, 2.24) is 9.97 Å². The molecule has 0 radical (unpaired) electrons. The quantitative estimate of drug-likeness (QED) is 0.483. The van der Waals surface area contributed by atoms with Crippen molar-refractivity contribution in [1.29, 1.82) is 0 Å². The number of halogens is 1. The molecule has 2 rings (SSSR count). The summed E-state index contributed by atoms with van der Waals surface area (Å²) in [7, 11) is 2.38. The van der Waals surface area contributed by atoms with Crippen LogP contribution in [0.15, 0.2) is 24.5 Å². The summed E-state index contributed by atoms with van der Waals surface area (Å²) < 4.78 is 22.4. The number of benzene rings is 1. The van der Waals surface area contributed by atoms with Gasteiger partial charge in [0.15, 0.2) is 17.4 Å². The third kappa shape index (κ3) is 2.82. The van der Waals surface area contributed by atoms with Crippen LogP contribution in [-0.2, 0) is 4.74 Å². The average molecular weight is 307 g/mol. The van der Waals surface area contributed by atoms with Gasteiger partial charge in [0.2, 0.25) is 0 Å². The van der Waals surface area contributed by atoms with Gasteiger partial charge in [-0.25, -0.2) is 19.2 Å². The predicted octanol–water partition coefficient (Wildman–Crippen LogP) is 1.99. The summed E-state index contributed by atoms with van der Waals surface area (Å²) in [6.07, 6.45) is 1.83. The zero-order chi connectivity index (χ0) is 16.3. The lowest BCUT2D eigenvalue weighted by molar-refractivity contribution is -0.385. The van der Waals surface area contributed by atoms with E-state index < -0.39 is 22.4 Å². The van der Waals surface area contributed by atoms with E-state index in [0.717, 1.165) is 25.6 Å². The predicted molar refractivity (Wildman–Crippen MR) is 72.0 cm³/mol. The molecule has 0 bridgehead atoms. The molecule has 0 aliphatic heterocycles. The van der Waals surface area contributed by atoms with Gasteiger partial charge in [0.05, 0.1) is 37.1 Å². The lowest BCUT2D eigenvalue weighted by atomic mass is 10.0. The van der Waals surface area contributed by atoms with Crippen LogP contribution >= 0.6 is 0 Å². The first-order chi connectivity index (χ1) is 10.5. The molecule has 0 amide bonds. The van der Waals surface area contributed by atoms with E-state index in [1.54, 1.807) is 0 Å². The van der Waals surface area contributed by atoms with Gasteiger partial charge in [-0.1, -0.05) is 0 Å². The molecule has 9 heteroatoms. The summed E-state index contributed by atoms with van der Waals surface area (Å²) in [6.45, 7) is 0. The maximum absolute atomic E-state index is 12.9. The summed E-state index contributed by atoms with van der Waals surface area (Å²) in [6, 6.07) is 2.24. The number of carbonyl (C=O) groups excluding carboxylic acids is 1. The fourth-order valence-electron chi connectivity index (χ4n) is 1.79. The van der Waals surface area contributed by atoms with E-state index in [1.165, 1.54) is 13.2 Å². The molecular formula is C13H10FN3O5. The minimum atomic E-state index is -0.811. The largest absolute Gasteiger partial charge is 0.490 e. The maximum atomic E-state index is 12.9. The van der Waals surface area contributed by atoms with Crippen molar-refractivity contribution in [3.63, 3.8) is 0 Å². The molecule has 0 fully saturated rings. The Morgan fingerprint density at radius 3 is 2.41 bits per heavy atom. The summed E-state index contributed by atoms with van der Waals surface area (Å²) in [5.41, 5.74) is -0.398. The van der Waals surface area contributed by atoms with E-state index in [0.29, 0.717) is 0 Å². The Morgan fingerprint density at radius 2 is 1.91 bits per heavy atom. The van der Waals surface area contributed by atoms with Gasteiger partial charge in [0.1, 0.15) is 0 Å². The maximum Gasteiger partial charge on any atom is 0.338 e. The zero-order valence-corrected chi connectivity index (χ0v) is 11.6. The average Bonchev–Trinajstić information content (AvgIpc) is 2.53. The van der Waals surface area contributed by atoms with Crippen LogP contribution in [0.2, 0.25) is 0 Å². The van der Waals surface area contributed by atoms with Crippen LogP contribution in [0.3, 0.4) is 0 Å². The van der Waals surface area contributed by atoms with Crippen molar-refractivity contribution in [2.75, 3.05) is 14.2 Å². The van der Waals surface area contributed by atoms with Gasteiger partial charge in [-0.2, -0.15) is 0 Å². The smallest absolute Gasteiger partial charge is 0.338 e. The van der Waals surface area contributed by atoms with Crippen LogP contribution < -0.4 is 4.74 Å². The normalized spacial score (nSPS) is 10.1. The molecule has 0 saturated heterocycles. The first-order valence-electron chi connectivity index (χ1n) is 5.90. The molecule has 1 aromatic carbocycles. The number of esters is 1. The van der Waals surface area contributed by atoms with E-state index >= 15 is 0 Å². The Hall–Kier alpha value is -3.10. The number of carbonyl (C=O) groups is 1. The molecule has 1 heterocycles. The highest BCUT2D eigenvalue weighted by Crippen LogP contribution is 2.34. The zero-order valence-electron chi connectivity index (χ0n) is 11.6. The van der Waals surface area contributed by atoms with Crippen LogP contribution in [-0.4, -0.2) is 35.1 Å². The van der Waals surface area contributed by atoms with Gasteiger partial charge in [-0.15, -0.1) is 0 Å². The van der Waals surface area contributed by atoms with Crippen molar-refractivity contribution in [3.8, 4) is 17.1 Å². The van der Waals surface area contributed by atoms with Gasteiger partial charge >= 0.3 is 11.7 Å². The second kappa shape index (κ2) is 6.12. The highest BCUT2D eigenvalue weighted by Gasteiger charge is 2.24. The lowest BCUT2D eigenvalue weighted by Gasteiger charge is -2.09. The highest BCUT2D eigenvalue weighted by molar-refractivity contribution is 5.97. The third-order valence-corrected chi connectivity index (χ3v) is 2.78. The number of rotatable bonds is 4. The fraction of sp³-hybridized carbons (Fsp3) is 0.154. The van der Waals surface area contributed by atoms with E-state index in [2.05, 4.69) is 14.7 Å².